The number of hydrogen-bond donors (Lipinski definition) is 3. The standard InChI is InChI=1S/C29H31N3O4S/c1-6-19-11-13-21(14-12-19)25(26(33)30-23-16-15-20-9-7-8-10-22(20)17-23)32(5)27(34)24(18-37)31-28(35)36-29(2,3)4/h1,7-17,24-25,37H,18H2,2-5H3,(H,30,33)(H,31,35). The molecule has 0 aliphatic rings. The molecule has 3 aromatic rings. The summed E-state index contributed by atoms with van der Waals surface area (Å²) in [5, 5.41) is 7.48. The van der Waals surface area contributed by atoms with E-state index in [2.05, 4.69) is 29.2 Å². The molecule has 3 rings (SSSR count). The normalized spacial score (nSPS) is 12.6. The summed E-state index contributed by atoms with van der Waals surface area (Å²) in [6, 6.07) is 18.2. The Morgan fingerprint density at radius 1 is 1.03 bits per heavy atom. The summed E-state index contributed by atoms with van der Waals surface area (Å²) < 4.78 is 5.28. The van der Waals surface area contributed by atoms with Gasteiger partial charge in [-0.05, 0) is 61.4 Å². The number of thiol groups is 1. The van der Waals surface area contributed by atoms with Gasteiger partial charge in [-0.15, -0.1) is 6.42 Å². The summed E-state index contributed by atoms with van der Waals surface area (Å²) in [4.78, 5) is 40.6. The Kier molecular flexibility index (Phi) is 8.85. The van der Waals surface area contributed by atoms with Crippen LogP contribution in [0.15, 0.2) is 66.7 Å². The molecular weight excluding hydrogens is 486 g/mol. The maximum Gasteiger partial charge on any atom is 0.408 e. The molecule has 0 aliphatic carbocycles. The molecule has 0 aromatic heterocycles. The van der Waals surface area contributed by atoms with Crippen molar-refractivity contribution in [2.75, 3.05) is 18.1 Å². The van der Waals surface area contributed by atoms with Crippen LogP contribution in [-0.2, 0) is 14.3 Å². The number of ether oxygens (including phenoxy) is 1. The van der Waals surface area contributed by atoms with E-state index in [1.807, 2.05) is 36.4 Å². The number of nitrogens with zero attached hydrogens (tertiary/aromatic N) is 1. The van der Waals surface area contributed by atoms with Crippen LogP contribution in [0, 0.1) is 12.3 Å². The molecule has 3 aromatic carbocycles. The molecule has 2 unspecified atom stereocenters. The molecule has 192 valence electrons. The maximum atomic E-state index is 13.6. The molecule has 0 saturated heterocycles. The van der Waals surface area contributed by atoms with Crippen LogP contribution < -0.4 is 10.6 Å². The summed E-state index contributed by atoms with van der Waals surface area (Å²) in [7, 11) is 1.51. The average Bonchev–Trinajstić information content (AvgIpc) is 2.86. The van der Waals surface area contributed by atoms with Gasteiger partial charge in [0.2, 0.25) is 5.91 Å². The van der Waals surface area contributed by atoms with Crippen LogP contribution in [0.3, 0.4) is 0 Å². The molecule has 0 heterocycles. The first-order chi connectivity index (χ1) is 17.5. The van der Waals surface area contributed by atoms with Gasteiger partial charge in [-0.2, -0.15) is 12.6 Å². The fraction of sp³-hybridized carbons (Fsp3) is 0.276. The van der Waals surface area contributed by atoms with Crippen LogP contribution >= 0.6 is 12.6 Å². The quantitative estimate of drug-likeness (QED) is 0.311. The number of carbonyl (C=O) groups is 3. The van der Waals surface area contributed by atoms with Gasteiger partial charge in [-0.3, -0.25) is 9.59 Å². The average molecular weight is 518 g/mol. The highest BCUT2D eigenvalue weighted by atomic mass is 32.1. The van der Waals surface area contributed by atoms with Gasteiger partial charge in [0.25, 0.3) is 5.91 Å². The van der Waals surface area contributed by atoms with E-state index in [4.69, 9.17) is 11.2 Å². The second-order valence-corrected chi connectivity index (χ2v) is 9.92. The Morgan fingerprint density at radius 3 is 2.27 bits per heavy atom. The molecule has 37 heavy (non-hydrogen) atoms. The first kappa shape index (κ1) is 27.6. The van der Waals surface area contributed by atoms with Gasteiger partial charge in [-0.25, -0.2) is 4.79 Å². The fourth-order valence-electron chi connectivity index (χ4n) is 3.80. The van der Waals surface area contributed by atoms with Crippen molar-refractivity contribution in [3.05, 3.63) is 77.9 Å². The third-order valence-electron chi connectivity index (χ3n) is 5.57. The van der Waals surface area contributed by atoms with Crippen LogP contribution in [-0.4, -0.2) is 47.3 Å². The lowest BCUT2D eigenvalue weighted by molar-refractivity contribution is -0.138. The zero-order valence-electron chi connectivity index (χ0n) is 21.3. The van der Waals surface area contributed by atoms with E-state index in [-0.39, 0.29) is 5.75 Å². The lowest BCUT2D eigenvalue weighted by Gasteiger charge is -2.31. The zero-order chi connectivity index (χ0) is 27.2. The summed E-state index contributed by atoms with van der Waals surface area (Å²) >= 11 is 4.24. The van der Waals surface area contributed by atoms with Gasteiger partial charge in [0.15, 0.2) is 0 Å². The molecule has 2 N–H and O–H groups in total. The molecule has 2 atom stereocenters. The Bertz CT molecular complexity index is 1330. The molecular formula is C29H31N3O4S. The van der Waals surface area contributed by atoms with Crippen LogP contribution in [0.1, 0.15) is 37.9 Å². The van der Waals surface area contributed by atoms with E-state index >= 15 is 0 Å². The summed E-state index contributed by atoms with van der Waals surface area (Å²) in [6.07, 6.45) is 4.74. The summed E-state index contributed by atoms with van der Waals surface area (Å²) in [5.41, 5.74) is 1.06. The van der Waals surface area contributed by atoms with Crippen LogP contribution in [0.5, 0.6) is 0 Å². The Hall–Kier alpha value is -3.96. The smallest absolute Gasteiger partial charge is 0.408 e. The van der Waals surface area contributed by atoms with Gasteiger partial charge >= 0.3 is 6.09 Å². The second-order valence-electron chi connectivity index (χ2n) is 9.55. The summed E-state index contributed by atoms with van der Waals surface area (Å²) in [5.74, 6) is 1.64. The van der Waals surface area contributed by atoms with E-state index < -0.39 is 35.6 Å². The predicted octanol–water partition coefficient (Wildman–Crippen LogP) is 4.78. The number of nitrogens with one attached hydrogen (secondary N) is 2. The minimum atomic E-state index is -1.01. The highest BCUT2D eigenvalue weighted by Gasteiger charge is 2.33. The molecule has 0 fully saturated rings. The van der Waals surface area contributed by atoms with E-state index in [0.717, 1.165) is 10.8 Å². The van der Waals surface area contributed by atoms with Gasteiger partial charge in [-0.1, -0.05) is 48.4 Å². The molecule has 0 spiro atoms. The van der Waals surface area contributed by atoms with Crippen molar-refractivity contribution < 1.29 is 19.1 Å². The topological polar surface area (TPSA) is 87.7 Å². The summed E-state index contributed by atoms with van der Waals surface area (Å²) in [6.45, 7) is 5.18. The van der Waals surface area contributed by atoms with Gasteiger partial charge in [0.05, 0.1) is 0 Å². The number of benzene rings is 3. The largest absolute Gasteiger partial charge is 0.444 e. The van der Waals surface area contributed by atoms with E-state index in [1.54, 1.807) is 51.1 Å². The third kappa shape index (κ3) is 7.28. The number of alkyl carbamates (subject to hydrolysis) is 1. The van der Waals surface area contributed by atoms with Crippen LogP contribution in [0.4, 0.5) is 10.5 Å². The SMILES string of the molecule is C#Cc1ccc(C(C(=O)Nc2ccc3ccccc3c2)N(C)C(=O)C(CS)NC(=O)OC(C)(C)C)cc1. The van der Waals surface area contributed by atoms with Crippen molar-refractivity contribution in [3.63, 3.8) is 0 Å². The molecule has 0 aliphatic heterocycles. The molecule has 0 saturated carbocycles. The lowest BCUT2D eigenvalue weighted by atomic mass is 10.0. The number of rotatable bonds is 7. The van der Waals surface area contributed by atoms with E-state index in [1.165, 1.54) is 11.9 Å². The first-order valence-corrected chi connectivity index (χ1v) is 12.4. The predicted molar refractivity (Wildman–Crippen MR) is 149 cm³/mol. The van der Waals surface area contributed by atoms with Gasteiger partial charge < -0.3 is 20.3 Å². The van der Waals surface area contributed by atoms with Crippen molar-refractivity contribution in [1.82, 2.24) is 10.2 Å². The number of amides is 3. The molecule has 0 radical (unpaired) electrons. The van der Waals surface area contributed by atoms with E-state index in [9.17, 15) is 14.4 Å². The number of carbonyl (C=O) groups excluding carboxylic acids is 3. The minimum Gasteiger partial charge on any atom is -0.444 e. The molecule has 3 amide bonds. The Labute approximate surface area is 223 Å². The monoisotopic (exact) mass is 517 g/mol. The maximum absolute atomic E-state index is 13.6. The molecule has 7 nitrogen and oxygen atoms in total. The van der Waals surface area contributed by atoms with Crippen LogP contribution in [0.25, 0.3) is 10.8 Å². The van der Waals surface area contributed by atoms with Crippen molar-refractivity contribution >= 4 is 47.0 Å². The van der Waals surface area contributed by atoms with Gasteiger partial charge in [0, 0.05) is 24.1 Å². The highest BCUT2D eigenvalue weighted by Crippen LogP contribution is 2.25. The van der Waals surface area contributed by atoms with Gasteiger partial charge in [0.1, 0.15) is 17.7 Å². The third-order valence-corrected chi connectivity index (χ3v) is 5.93. The number of fused-ring (bicyclic) bond motifs is 1. The second kappa shape index (κ2) is 11.8. The number of hydrogen-bond acceptors (Lipinski definition) is 5. The Balaban J connectivity index is 1.89. The first-order valence-electron chi connectivity index (χ1n) is 11.8. The van der Waals surface area contributed by atoms with Crippen molar-refractivity contribution in [1.29, 1.82) is 0 Å². The molecule has 8 heteroatoms. The zero-order valence-corrected chi connectivity index (χ0v) is 22.2. The van der Waals surface area contributed by atoms with E-state index in [0.29, 0.717) is 16.8 Å². The molecule has 0 bridgehead atoms. The van der Waals surface area contributed by atoms with Crippen molar-refractivity contribution in [2.45, 2.75) is 38.5 Å². The minimum absolute atomic E-state index is 0.0114. The van der Waals surface area contributed by atoms with Crippen LogP contribution in [0.2, 0.25) is 0 Å². The number of likely N-dealkylation sites (N-methyl/N-ethyl adjacent to an activating group) is 1. The highest BCUT2D eigenvalue weighted by molar-refractivity contribution is 7.80. The van der Waals surface area contributed by atoms with Crippen molar-refractivity contribution in [2.24, 2.45) is 0 Å². The number of anilines is 1. The Morgan fingerprint density at radius 2 is 1.68 bits per heavy atom. The number of terminal acetylenes is 1. The lowest BCUT2D eigenvalue weighted by Crippen LogP contribution is -2.52. The fourth-order valence-corrected chi connectivity index (χ4v) is 4.05. The van der Waals surface area contributed by atoms with Crippen molar-refractivity contribution in [3.8, 4) is 12.3 Å².